The molecule has 3 aromatic rings. The first-order chi connectivity index (χ1) is 16.1. The quantitative estimate of drug-likeness (QED) is 0.420. The van der Waals surface area contributed by atoms with Gasteiger partial charge in [-0.25, -0.2) is 0 Å². The number of hydrogen-bond donors (Lipinski definition) is 0. The van der Waals surface area contributed by atoms with Crippen molar-refractivity contribution < 1.29 is 27.8 Å². The standard InChI is InChI=1S/C27H25F2NO4/c1-16-13-17(2)22(30-14-16)15-32-20-9-5-18(6-10-20)23-24(34-27(3,4)25(23)31)19-7-11-21(12-8-19)33-26(28)29/h5-14,26H,15H2,1-4H3. The van der Waals surface area contributed by atoms with Gasteiger partial charge in [0.25, 0.3) is 0 Å². The van der Waals surface area contributed by atoms with E-state index in [9.17, 15) is 13.6 Å². The third kappa shape index (κ3) is 4.93. The molecule has 1 aliphatic heterocycles. The Morgan fingerprint density at radius 1 is 0.971 bits per heavy atom. The Bertz CT molecular complexity index is 1230. The van der Waals surface area contributed by atoms with Gasteiger partial charge in [0.2, 0.25) is 5.78 Å². The van der Waals surface area contributed by atoms with E-state index >= 15 is 0 Å². The van der Waals surface area contributed by atoms with Crippen molar-refractivity contribution >= 4 is 17.1 Å². The number of hydrogen-bond acceptors (Lipinski definition) is 5. The van der Waals surface area contributed by atoms with Crippen LogP contribution in [0, 0.1) is 13.8 Å². The van der Waals surface area contributed by atoms with E-state index in [1.807, 2.05) is 20.0 Å². The maximum atomic E-state index is 13.1. The number of aryl methyl sites for hydroxylation is 2. The lowest BCUT2D eigenvalue weighted by Crippen LogP contribution is -2.29. The number of benzene rings is 2. The van der Waals surface area contributed by atoms with Gasteiger partial charge >= 0.3 is 6.61 Å². The predicted octanol–water partition coefficient (Wildman–Crippen LogP) is 6.13. The van der Waals surface area contributed by atoms with Crippen molar-refractivity contribution in [2.45, 2.75) is 46.5 Å². The number of carbonyl (C=O) groups excluding carboxylic acids is 1. The molecule has 1 aliphatic rings. The molecule has 2 aromatic carbocycles. The Morgan fingerprint density at radius 2 is 1.59 bits per heavy atom. The molecule has 176 valence electrons. The lowest BCUT2D eigenvalue weighted by Gasteiger charge is -2.18. The zero-order valence-corrected chi connectivity index (χ0v) is 19.4. The Labute approximate surface area is 197 Å². The summed E-state index contributed by atoms with van der Waals surface area (Å²) in [5, 5.41) is 0. The Balaban J connectivity index is 1.59. The first-order valence-electron chi connectivity index (χ1n) is 10.8. The second-order valence-electron chi connectivity index (χ2n) is 8.64. The molecule has 0 amide bonds. The van der Waals surface area contributed by atoms with E-state index in [1.54, 1.807) is 50.2 Å². The molecule has 7 heteroatoms. The highest BCUT2D eigenvalue weighted by atomic mass is 19.3. The molecule has 0 saturated heterocycles. The van der Waals surface area contributed by atoms with Gasteiger partial charge in [-0.1, -0.05) is 18.2 Å². The van der Waals surface area contributed by atoms with E-state index in [0.29, 0.717) is 34.8 Å². The third-order valence-electron chi connectivity index (χ3n) is 5.54. The summed E-state index contributed by atoms with van der Waals surface area (Å²) in [6.45, 7) is 4.82. The molecule has 0 atom stereocenters. The first-order valence-corrected chi connectivity index (χ1v) is 10.8. The molecule has 0 fully saturated rings. The molecule has 1 aromatic heterocycles. The van der Waals surface area contributed by atoms with Gasteiger partial charge in [0, 0.05) is 11.8 Å². The Morgan fingerprint density at radius 3 is 2.21 bits per heavy atom. The maximum Gasteiger partial charge on any atom is 0.387 e. The van der Waals surface area contributed by atoms with Crippen LogP contribution in [0.15, 0.2) is 60.8 Å². The summed E-state index contributed by atoms with van der Waals surface area (Å²) in [5.74, 6) is 0.909. The lowest BCUT2D eigenvalue weighted by molar-refractivity contribution is -0.125. The lowest BCUT2D eigenvalue weighted by atomic mass is 9.92. The van der Waals surface area contributed by atoms with Crippen molar-refractivity contribution in [2.75, 3.05) is 0 Å². The Kier molecular flexibility index (Phi) is 6.37. The van der Waals surface area contributed by atoms with Gasteiger partial charge in [0.05, 0.1) is 11.3 Å². The number of pyridine rings is 1. The number of Topliss-reactive ketones (excluding diaryl/α,β-unsaturated/α-hetero) is 1. The molecule has 0 aliphatic carbocycles. The highest BCUT2D eigenvalue weighted by Crippen LogP contribution is 2.41. The van der Waals surface area contributed by atoms with Crippen molar-refractivity contribution in [1.29, 1.82) is 0 Å². The van der Waals surface area contributed by atoms with Crippen LogP contribution in [0.1, 0.15) is 41.8 Å². The second-order valence-corrected chi connectivity index (χ2v) is 8.64. The number of nitrogens with zero attached hydrogens (tertiary/aromatic N) is 1. The largest absolute Gasteiger partial charge is 0.487 e. The van der Waals surface area contributed by atoms with E-state index in [-0.39, 0.29) is 11.5 Å². The predicted molar refractivity (Wildman–Crippen MR) is 125 cm³/mol. The number of ketones is 1. The zero-order chi connectivity index (χ0) is 24.5. The van der Waals surface area contributed by atoms with Crippen LogP contribution in [0.3, 0.4) is 0 Å². The average Bonchev–Trinajstić information content (AvgIpc) is 3.03. The minimum absolute atomic E-state index is 0.0317. The maximum absolute atomic E-state index is 13.1. The van der Waals surface area contributed by atoms with Gasteiger partial charge < -0.3 is 14.2 Å². The van der Waals surface area contributed by atoms with Crippen LogP contribution in [0.25, 0.3) is 11.3 Å². The van der Waals surface area contributed by atoms with Gasteiger partial charge in [-0.3, -0.25) is 9.78 Å². The van der Waals surface area contributed by atoms with Gasteiger partial charge in [-0.15, -0.1) is 0 Å². The number of carbonyl (C=O) groups is 1. The van der Waals surface area contributed by atoms with E-state index in [0.717, 1.165) is 16.8 Å². The van der Waals surface area contributed by atoms with Gasteiger partial charge in [-0.05, 0) is 80.8 Å². The van der Waals surface area contributed by atoms with Crippen LogP contribution in [0.2, 0.25) is 0 Å². The summed E-state index contributed by atoms with van der Waals surface area (Å²) in [6, 6.07) is 15.3. The molecule has 34 heavy (non-hydrogen) atoms. The molecule has 0 radical (unpaired) electrons. The molecule has 0 bridgehead atoms. The van der Waals surface area contributed by atoms with E-state index in [1.165, 1.54) is 12.1 Å². The third-order valence-corrected chi connectivity index (χ3v) is 5.54. The smallest absolute Gasteiger partial charge is 0.387 e. The monoisotopic (exact) mass is 465 g/mol. The minimum atomic E-state index is -2.91. The average molecular weight is 465 g/mol. The highest BCUT2D eigenvalue weighted by Gasteiger charge is 2.42. The normalized spacial score (nSPS) is 15.0. The fourth-order valence-electron chi connectivity index (χ4n) is 3.77. The number of ether oxygens (including phenoxy) is 3. The van der Waals surface area contributed by atoms with Crippen molar-refractivity contribution in [3.63, 3.8) is 0 Å². The van der Waals surface area contributed by atoms with Crippen molar-refractivity contribution in [3.8, 4) is 11.5 Å². The molecule has 0 saturated carbocycles. The molecule has 0 spiro atoms. The van der Waals surface area contributed by atoms with Crippen molar-refractivity contribution in [2.24, 2.45) is 0 Å². The SMILES string of the molecule is Cc1cnc(COc2ccc(C3=C(c4ccc(OC(F)F)cc4)OC(C)(C)C3=O)cc2)c(C)c1. The summed E-state index contributed by atoms with van der Waals surface area (Å²) in [5.41, 5.74) is 3.67. The van der Waals surface area contributed by atoms with Crippen LogP contribution in [-0.4, -0.2) is 23.0 Å². The topological polar surface area (TPSA) is 57.6 Å². The van der Waals surface area contributed by atoms with Crippen LogP contribution in [-0.2, 0) is 16.1 Å². The molecule has 0 N–H and O–H groups in total. The number of alkyl halides is 2. The summed E-state index contributed by atoms with van der Waals surface area (Å²) in [6.07, 6.45) is 1.81. The van der Waals surface area contributed by atoms with Crippen LogP contribution >= 0.6 is 0 Å². The molecule has 5 nitrogen and oxygen atoms in total. The van der Waals surface area contributed by atoms with E-state index in [4.69, 9.17) is 9.47 Å². The summed E-state index contributed by atoms with van der Waals surface area (Å²) in [4.78, 5) is 17.6. The molecular weight excluding hydrogens is 440 g/mol. The highest BCUT2D eigenvalue weighted by molar-refractivity contribution is 6.32. The minimum Gasteiger partial charge on any atom is -0.487 e. The second kappa shape index (κ2) is 9.25. The fraction of sp³-hybridized carbons (Fsp3) is 0.259. The van der Waals surface area contributed by atoms with E-state index < -0.39 is 12.2 Å². The Hall–Kier alpha value is -3.74. The van der Waals surface area contributed by atoms with Crippen LogP contribution < -0.4 is 9.47 Å². The molecule has 4 rings (SSSR count). The van der Waals surface area contributed by atoms with Crippen molar-refractivity contribution in [3.05, 3.63) is 88.7 Å². The van der Waals surface area contributed by atoms with Crippen molar-refractivity contribution in [1.82, 2.24) is 4.98 Å². The molecular formula is C27H25F2NO4. The van der Waals surface area contributed by atoms with Crippen LogP contribution in [0.5, 0.6) is 11.5 Å². The molecule has 0 unspecified atom stereocenters. The summed E-state index contributed by atoms with van der Waals surface area (Å²) >= 11 is 0. The van der Waals surface area contributed by atoms with Crippen LogP contribution in [0.4, 0.5) is 8.78 Å². The number of halogens is 2. The molecule has 2 heterocycles. The van der Waals surface area contributed by atoms with E-state index in [2.05, 4.69) is 15.8 Å². The summed E-state index contributed by atoms with van der Waals surface area (Å²) in [7, 11) is 0. The van der Waals surface area contributed by atoms with Gasteiger partial charge in [0.15, 0.2) is 5.60 Å². The summed E-state index contributed by atoms with van der Waals surface area (Å²) < 4.78 is 41.2. The zero-order valence-electron chi connectivity index (χ0n) is 19.4. The first kappa shape index (κ1) is 23.4. The fourth-order valence-corrected chi connectivity index (χ4v) is 3.77. The van der Waals surface area contributed by atoms with Gasteiger partial charge in [-0.2, -0.15) is 8.78 Å². The van der Waals surface area contributed by atoms with Gasteiger partial charge in [0.1, 0.15) is 23.9 Å². The number of rotatable bonds is 7. The number of aromatic nitrogens is 1.